The van der Waals surface area contributed by atoms with Gasteiger partial charge in [0.25, 0.3) is 11.6 Å². The number of non-ortho nitro benzene ring substituents is 1. The van der Waals surface area contributed by atoms with E-state index >= 15 is 0 Å². The summed E-state index contributed by atoms with van der Waals surface area (Å²) in [7, 11) is 0. The van der Waals surface area contributed by atoms with Crippen LogP contribution in [0.25, 0.3) is 6.08 Å². The first kappa shape index (κ1) is 17.8. The minimum Gasteiger partial charge on any atom is -0.268 e. The highest BCUT2D eigenvalue weighted by atomic mass is 79.9. The van der Waals surface area contributed by atoms with Gasteiger partial charge in [0.2, 0.25) is 0 Å². The van der Waals surface area contributed by atoms with Crippen LogP contribution in [0.15, 0.2) is 51.8 Å². The number of rotatable bonds is 3. The molecule has 126 valence electrons. The molecule has 3 rings (SSSR count). The van der Waals surface area contributed by atoms with Crippen LogP contribution in [0.3, 0.4) is 0 Å². The average Bonchev–Trinajstić information content (AvgIpc) is 2.84. The molecule has 0 N–H and O–H groups in total. The highest BCUT2D eigenvalue weighted by molar-refractivity contribution is 9.10. The van der Waals surface area contributed by atoms with E-state index in [1.807, 2.05) is 24.3 Å². The lowest BCUT2D eigenvalue weighted by molar-refractivity contribution is -0.384. The minimum absolute atomic E-state index is 0.0166. The van der Waals surface area contributed by atoms with E-state index in [9.17, 15) is 14.9 Å². The van der Waals surface area contributed by atoms with Crippen molar-refractivity contribution >= 4 is 67.6 Å². The quantitative estimate of drug-likeness (QED) is 0.292. The van der Waals surface area contributed by atoms with Crippen molar-refractivity contribution in [3.63, 3.8) is 0 Å². The van der Waals surface area contributed by atoms with Crippen LogP contribution in [0.5, 0.6) is 0 Å². The number of anilines is 1. The van der Waals surface area contributed by atoms with Crippen molar-refractivity contribution < 1.29 is 9.72 Å². The molecule has 0 atom stereocenters. The van der Waals surface area contributed by atoms with Gasteiger partial charge in [-0.05, 0) is 42.3 Å². The summed E-state index contributed by atoms with van der Waals surface area (Å²) in [5.41, 5.74) is 2.06. The molecule has 1 heterocycles. The number of thioether (sulfide) groups is 1. The lowest BCUT2D eigenvalue weighted by Gasteiger charge is -2.16. The summed E-state index contributed by atoms with van der Waals surface area (Å²) < 4.78 is 1.36. The summed E-state index contributed by atoms with van der Waals surface area (Å²) in [6.45, 7) is 1.72. The molecule has 25 heavy (non-hydrogen) atoms. The van der Waals surface area contributed by atoms with E-state index in [0.29, 0.717) is 20.5 Å². The van der Waals surface area contributed by atoms with Crippen LogP contribution >= 0.6 is 39.9 Å². The predicted molar refractivity (Wildman–Crippen MR) is 108 cm³/mol. The Morgan fingerprint density at radius 2 is 1.92 bits per heavy atom. The molecular weight excluding hydrogens is 424 g/mol. The van der Waals surface area contributed by atoms with Gasteiger partial charge in [-0.2, -0.15) is 0 Å². The molecule has 1 amide bonds. The number of thiocarbonyl (C=S) groups is 1. The van der Waals surface area contributed by atoms with Crippen LogP contribution in [-0.4, -0.2) is 15.2 Å². The first-order valence-corrected chi connectivity index (χ1v) is 9.17. The highest BCUT2D eigenvalue weighted by Gasteiger charge is 2.34. The zero-order valence-electron chi connectivity index (χ0n) is 12.9. The Bertz CT molecular complexity index is 926. The Morgan fingerprint density at radius 3 is 2.52 bits per heavy atom. The number of hydrogen-bond donors (Lipinski definition) is 0. The van der Waals surface area contributed by atoms with E-state index in [4.69, 9.17) is 12.2 Å². The average molecular weight is 435 g/mol. The van der Waals surface area contributed by atoms with Gasteiger partial charge < -0.3 is 0 Å². The predicted octanol–water partition coefficient (Wildman–Crippen LogP) is 5.07. The van der Waals surface area contributed by atoms with Crippen LogP contribution < -0.4 is 4.90 Å². The first-order chi connectivity index (χ1) is 11.9. The van der Waals surface area contributed by atoms with Crippen molar-refractivity contribution in [1.29, 1.82) is 0 Å². The molecule has 0 aliphatic carbocycles. The van der Waals surface area contributed by atoms with Gasteiger partial charge in [0.1, 0.15) is 0 Å². The first-order valence-electron chi connectivity index (χ1n) is 7.15. The number of nitro benzene ring substituents is 1. The third-order valence-electron chi connectivity index (χ3n) is 3.59. The number of carbonyl (C=O) groups excluding carboxylic acids is 1. The van der Waals surface area contributed by atoms with Crippen LogP contribution in [-0.2, 0) is 4.79 Å². The lowest BCUT2D eigenvalue weighted by atomic mass is 10.1. The summed E-state index contributed by atoms with van der Waals surface area (Å²) in [5.74, 6) is -0.227. The molecule has 2 aromatic carbocycles. The third kappa shape index (κ3) is 3.65. The second kappa shape index (κ2) is 7.07. The van der Waals surface area contributed by atoms with Crippen LogP contribution in [0.1, 0.15) is 11.1 Å². The molecule has 0 saturated carbocycles. The fourth-order valence-corrected chi connectivity index (χ4v) is 3.94. The molecule has 2 aromatic rings. The van der Waals surface area contributed by atoms with Gasteiger partial charge >= 0.3 is 0 Å². The van der Waals surface area contributed by atoms with E-state index in [-0.39, 0.29) is 11.6 Å². The monoisotopic (exact) mass is 434 g/mol. The number of benzene rings is 2. The maximum absolute atomic E-state index is 12.8. The molecule has 5 nitrogen and oxygen atoms in total. The van der Waals surface area contributed by atoms with Crippen LogP contribution in [0.2, 0.25) is 0 Å². The van der Waals surface area contributed by atoms with Gasteiger partial charge in [-0.25, -0.2) is 0 Å². The second-order valence-corrected chi connectivity index (χ2v) is 7.89. The maximum Gasteiger partial charge on any atom is 0.270 e. The van der Waals surface area contributed by atoms with Crippen molar-refractivity contribution in [1.82, 2.24) is 0 Å². The number of aryl methyl sites for hydroxylation is 1. The summed E-state index contributed by atoms with van der Waals surface area (Å²) in [5, 5.41) is 10.9. The number of carbonyl (C=O) groups is 1. The van der Waals surface area contributed by atoms with Crippen molar-refractivity contribution in [2.24, 2.45) is 0 Å². The third-order valence-corrected chi connectivity index (χ3v) is 5.42. The Labute approximate surface area is 162 Å². The van der Waals surface area contributed by atoms with Crippen LogP contribution in [0.4, 0.5) is 11.4 Å². The molecule has 1 aliphatic heterocycles. The Morgan fingerprint density at radius 1 is 1.24 bits per heavy atom. The smallest absolute Gasteiger partial charge is 0.268 e. The molecule has 0 bridgehead atoms. The summed E-state index contributed by atoms with van der Waals surface area (Å²) in [4.78, 5) is 25.1. The van der Waals surface area contributed by atoms with Gasteiger partial charge in [0, 0.05) is 16.6 Å². The Kier molecular flexibility index (Phi) is 5.03. The van der Waals surface area contributed by atoms with Gasteiger partial charge in [0.15, 0.2) is 4.32 Å². The molecule has 1 aliphatic rings. The van der Waals surface area contributed by atoms with Crippen molar-refractivity contribution in [3.8, 4) is 0 Å². The summed E-state index contributed by atoms with van der Waals surface area (Å²) in [6, 6.07) is 12.0. The van der Waals surface area contributed by atoms with Gasteiger partial charge in [-0.1, -0.05) is 52.0 Å². The second-order valence-electron chi connectivity index (χ2n) is 5.30. The molecule has 0 aromatic heterocycles. The molecule has 1 saturated heterocycles. The number of nitro groups is 1. The number of nitrogens with zero attached hydrogens (tertiary/aromatic N) is 2. The van der Waals surface area contributed by atoms with E-state index in [0.717, 1.165) is 10.0 Å². The van der Waals surface area contributed by atoms with Gasteiger partial charge in [0.05, 0.1) is 15.5 Å². The zero-order chi connectivity index (χ0) is 18.1. The molecule has 1 fully saturated rings. The summed E-state index contributed by atoms with van der Waals surface area (Å²) >= 11 is 9.94. The minimum atomic E-state index is -0.464. The Balaban J connectivity index is 1.94. The van der Waals surface area contributed by atoms with Gasteiger partial charge in [-0.15, -0.1) is 0 Å². The maximum atomic E-state index is 12.8. The largest absolute Gasteiger partial charge is 0.270 e. The molecule has 0 spiro atoms. The highest BCUT2D eigenvalue weighted by Crippen LogP contribution is 2.38. The fourth-order valence-electron chi connectivity index (χ4n) is 2.39. The zero-order valence-corrected chi connectivity index (χ0v) is 16.2. The normalized spacial score (nSPS) is 15.9. The van der Waals surface area contributed by atoms with Crippen LogP contribution in [0, 0.1) is 17.0 Å². The molecule has 8 heteroatoms. The van der Waals surface area contributed by atoms with E-state index in [1.165, 1.54) is 28.8 Å². The van der Waals surface area contributed by atoms with E-state index in [2.05, 4.69) is 15.9 Å². The van der Waals surface area contributed by atoms with Gasteiger partial charge in [-0.3, -0.25) is 19.8 Å². The fraction of sp³-hybridized carbons (Fsp3) is 0.0588. The SMILES string of the molecule is Cc1cc([N+](=O)[O-])ccc1N1C(=O)/C(=C/c2ccc(Br)cc2)SC1=S. The number of amides is 1. The van der Waals surface area contributed by atoms with Crippen molar-refractivity contribution in [2.45, 2.75) is 6.92 Å². The molecular formula is C17H11BrN2O3S2. The van der Waals surface area contributed by atoms with E-state index < -0.39 is 4.92 Å². The summed E-state index contributed by atoms with van der Waals surface area (Å²) in [6.07, 6.45) is 1.78. The number of halogens is 1. The standard InChI is InChI=1S/C17H11BrN2O3S2/c1-10-8-13(20(22)23)6-7-14(10)19-16(21)15(25-17(19)24)9-11-2-4-12(18)5-3-11/h2-9H,1H3/b15-9-. The topological polar surface area (TPSA) is 63.5 Å². The van der Waals surface area contributed by atoms with Crippen molar-refractivity contribution in [2.75, 3.05) is 4.90 Å². The molecule has 0 radical (unpaired) electrons. The van der Waals surface area contributed by atoms with E-state index in [1.54, 1.807) is 19.1 Å². The Hall–Kier alpha value is -2.03. The molecule has 0 unspecified atom stereocenters. The van der Waals surface area contributed by atoms with Crippen molar-refractivity contribution in [3.05, 3.63) is 73.1 Å². The lowest BCUT2D eigenvalue weighted by Crippen LogP contribution is -2.28. The number of hydrogen-bond acceptors (Lipinski definition) is 5.